The van der Waals surface area contributed by atoms with Gasteiger partial charge in [-0.2, -0.15) is 0 Å². The molecule has 1 aliphatic rings. The number of thiazole rings is 1. The molecule has 2 aromatic rings. The molecule has 3 heterocycles. The first-order valence-corrected chi connectivity index (χ1v) is 10.6. The number of carbonyl (C=O) groups is 2. The zero-order valence-corrected chi connectivity index (χ0v) is 18.7. The van der Waals surface area contributed by atoms with Crippen LogP contribution in [0.25, 0.3) is 0 Å². The number of hydrogen-bond donors (Lipinski definition) is 0. The topological polar surface area (TPSA) is 82.5 Å². The van der Waals surface area contributed by atoms with Crippen molar-refractivity contribution in [1.29, 1.82) is 0 Å². The number of aryl methyl sites for hydroxylation is 1. The Hall–Kier alpha value is -2.55. The Kier molecular flexibility index (Phi) is 6.16. The molecule has 2 amide bonds. The van der Waals surface area contributed by atoms with Crippen LogP contribution >= 0.6 is 11.3 Å². The average Bonchev–Trinajstić information content (AvgIpc) is 3.26. The van der Waals surface area contributed by atoms with Gasteiger partial charge in [-0.15, -0.1) is 11.3 Å². The van der Waals surface area contributed by atoms with Gasteiger partial charge in [0.2, 0.25) is 5.91 Å². The molecule has 0 aromatic carbocycles. The summed E-state index contributed by atoms with van der Waals surface area (Å²) in [4.78, 5) is 44.6. The molecular weight excluding hydrogens is 388 g/mol. The lowest BCUT2D eigenvalue weighted by atomic mass is 10.0. The summed E-state index contributed by atoms with van der Waals surface area (Å²) in [5, 5.41) is 0. The van der Waals surface area contributed by atoms with Crippen LogP contribution in [0.2, 0.25) is 0 Å². The van der Waals surface area contributed by atoms with Gasteiger partial charge in [-0.25, -0.2) is 15.0 Å². The molecule has 1 saturated heterocycles. The van der Waals surface area contributed by atoms with Gasteiger partial charge in [0.25, 0.3) is 5.91 Å². The van der Waals surface area contributed by atoms with Crippen molar-refractivity contribution < 1.29 is 9.59 Å². The highest BCUT2D eigenvalue weighted by Crippen LogP contribution is 2.30. The van der Waals surface area contributed by atoms with E-state index in [9.17, 15) is 9.59 Å². The van der Waals surface area contributed by atoms with E-state index in [0.717, 1.165) is 17.2 Å². The predicted molar refractivity (Wildman–Crippen MR) is 113 cm³/mol. The molecule has 0 saturated carbocycles. The molecule has 1 atom stereocenters. The van der Waals surface area contributed by atoms with E-state index in [-0.39, 0.29) is 23.8 Å². The third-order valence-corrected chi connectivity index (χ3v) is 6.02. The molecule has 0 spiro atoms. The van der Waals surface area contributed by atoms with Crippen molar-refractivity contribution in [3.05, 3.63) is 33.7 Å². The Morgan fingerprint density at radius 3 is 2.59 bits per heavy atom. The van der Waals surface area contributed by atoms with Crippen molar-refractivity contribution in [3.8, 4) is 0 Å². The molecule has 0 aliphatic carbocycles. The Morgan fingerprint density at radius 2 is 2.03 bits per heavy atom. The van der Waals surface area contributed by atoms with Crippen LogP contribution in [0, 0.1) is 6.92 Å². The largest absolute Gasteiger partial charge is 0.363 e. The van der Waals surface area contributed by atoms with Crippen LogP contribution in [-0.4, -0.2) is 70.3 Å². The Labute approximate surface area is 175 Å². The molecule has 1 aliphatic heterocycles. The summed E-state index contributed by atoms with van der Waals surface area (Å²) in [7, 11) is 5.59. The van der Waals surface area contributed by atoms with Gasteiger partial charge in [-0.3, -0.25) is 9.59 Å². The summed E-state index contributed by atoms with van der Waals surface area (Å²) in [6.07, 6.45) is 0.455. The zero-order chi connectivity index (χ0) is 21.3. The number of hydrogen-bond acceptors (Lipinski definition) is 7. The normalized spacial score (nSPS) is 16.6. The second kappa shape index (κ2) is 8.44. The lowest BCUT2D eigenvalue weighted by molar-refractivity contribution is -0.129. The molecule has 3 rings (SSSR count). The Balaban J connectivity index is 1.85. The number of anilines is 1. The summed E-state index contributed by atoms with van der Waals surface area (Å²) >= 11 is 1.34. The second-order valence-corrected chi connectivity index (χ2v) is 8.79. The smallest absolute Gasteiger partial charge is 0.265 e. The van der Waals surface area contributed by atoms with Crippen molar-refractivity contribution in [2.75, 3.05) is 32.6 Å². The van der Waals surface area contributed by atoms with Crippen molar-refractivity contribution in [3.63, 3.8) is 0 Å². The van der Waals surface area contributed by atoms with Gasteiger partial charge in [-0.05, 0) is 20.8 Å². The lowest BCUT2D eigenvalue weighted by Gasteiger charge is -2.22. The van der Waals surface area contributed by atoms with E-state index >= 15 is 0 Å². The fourth-order valence-corrected chi connectivity index (χ4v) is 4.20. The average molecular weight is 417 g/mol. The third kappa shape index (κ3) is 4.55. The third-order valence-electron chi connectivity index (χ3n) is 5.10. The van der Waals surface area contributed by atoms with Crippen LogP contribution in [0.1, 0.15) is 53.1 Å². The molecule has 0 N–H and O–H groups in total. The van der Waals surface area contributed by atoms with Crippen molar-refractivity contribution >= 4 is 29.0 Å². The van der Waals surface area contributed by atoms with Crippen LogP contribution in [0.3, 0.4) is 0 Å². The minimum Gasteiger partial charge on any atom is -0.363 e. The summed E-state index contributed by atoms with van der Waals surface area (Å²) in [5.74, 6) is 1.45. The number of amides is 2. The maximum Gasteiger partial charge on any atom is 0.265 e. The maximum absolute atomic E-state index is 12.7. The van der Waals surface area contributed by atoms with E-state index in [4.69, 9.17) is 4.98 Å². The molecule has 156 valence electrons. The van der Waals surface area contributed by atoms with E-state index < -0.39 is 0 Å². The molecule has 8 nitrogen and oxygen atoms in total. The van der Waals surface area contributed by atoms with E-state index in [0.29, 0.717) is 30.2 Å². The Morgan fingerprint density at radius 1 is 1.31 bits per heavy atom. The van der Waals surface area contributed by atoms with Gasteiger partial charge in [-0.1, -0.05) is 0 Å². The molecule has 1 fully saturated rings. The van der Waals surface area contributed by atoms with Crippen LogP contribution in [0.4, 0.5) is 5.82 Å². The predicted octanol–water partition coefficient (Wildman–Crippen LogP) is 2.30. The number of aromatic nitrogens is 3. The molecule has 0 bridgehead atoms. The highest BCUT2D eigenvalue weighted by atomic mass is 32.1. The fraction of sp³-hybridized carbons (Fsp3) is 0.550. The highest BCUT2D eigenvalue weighted by molar-refractivity contribution is 7.11. The number of likely N-dealkylation sites (tertiary alicyclic amines) is 1. The summed E-state index contributed by atoms with van der Waals surface area (Å²) in [6.45, 7) is 6.84. The molecule has 9 heteroatoms. The number of rotatable bonds is 6. The molecule has 0 unspecified atom stereocenters. The van der Waals surface area contributed by atoms with Crippen molar-refractivity contribution in [1.82, 2.24) is 24.8 Å². The number of nitrogens with zero attached hydrogens (tertiary/aromatic N) is 6. The van der Waals surface area contributed by atoms with Gasteiger partial charge in [0.1, 0.15) is 16.5 Å². The van der Waals surface area contributed by atoms with E-state index in [1.54, 1.807) is 17.5 Å². The van der Waals surface area contributed by atoms with Gasteiger partial charge >= 0.3 is 0 Å². The SMILES string of the molecule is Cc1ncsc1C(=O)N(C)Cc1nc([C@@H]2CC(=O)N(C(C)C)C2)cc(N(C)C)n1. The van der Waals surface area contributed by atoms with Crippen LogP contribution < -0.4 is 4.90 Å². The summed E-state index contributed by atoms with van der Waals surface area (Å²) < 4.78 is 0. The Bertz CT molecular complexity index is 910. The molecule has 2 aromatic heterocycles. The first kappa shape index (κ1) is 21.2. The fourth-order valence-electron chi connectivity index (χ4n) is 3.41. The number of carbonyl (C=O) groups excluding carboxylic acids is 2. The minimum absolute atomic E-state index is 0.0371. The standard InChI is InChI=1S/C20H28N6O2S/c1-12(2)26-9-14(7-18(26)27)15-8-17(24(4)5)23-16(22-15)10-25(6)20(28)19-13(3)21-11-29-19/h8,11-12,14H,7,9-10H2,1-6H3/t14-/m1/s1. The van der Waals surface area contributed by atoms with Gasteiger partial charge in [0.15, 0.2) is 0 Å². The first-order valence-electron chi connectivity index (χ1n) is 9.67. The molecule has 29 heavy (non-hydrogen) atoms. The summed E-state index contributed by atoms with van der Waals surface area (Å²) in [5.41, 5.74) is 3.26. The van der Waals surface area contributed by atoms with Crippen molar-refractivity contribution in [2.45, 2.75) is 45.7 Å². The molecular formula is C20H28N6O2S. The van der Waals surface area contributed by atoms with E-state index in [2.05, 4.69) is 9.97 Å². The highest BCUT2D eigenvalue weighted by Gasteiger charge is 2.33. The van der Waals surface area contributed by atoms with Crippen LogP contribution in [0.15, 0.2) is 11.6 Å². The minimum atomic E-state index is -0.0903. The lowest BCUT2D eigenvalue weighted by Crippen LogP contribution is -2.32. The van der Waals surface area contributed by atoms with Gasteiger partial charge in [0.05, 0.1) is 23.4 Å². The van der Waals surface area contributed by atoms with Gasteiger partial charge < -0.3 is 14.7 Å². The zero-order valence-electron chi connectivity index (χ0n) is 17.8. The van der Waals surface area contributed by atoms with Crippen LogP contribution in [-0.2, 0) is 11.3 Å². The summed E-state index contributed by atoms with van der Waals surface area (Å²) in [6, 6.07) is 2.12. The maximum atomic E-state index is 12.7. The van der Waals surface area contributed by atoms with Gasteiger partial charge in [0, 0.05) is 52.1 Å². The monoisotopic (exact) mass is 416 g/mol. The first-order chi connectivity index (χ1) is 13.7. The quantitative estimate of drug-likeness (QED) is 0.719. The van der Waals surface area contributed by atoms with Crippen LogP contribution in [0.5, 0.6) is 0 Å². The molecule has 0 radical (unpaired) electrons. The second-order valence-electron chi connectivity index (χ2n) is 7.93. The van der Waals surface area contributed by atoms with E-state index in [1.807, 2.05) is 50.7 Å². The van der Waals surface area contributed by atoms with Crippen molar-refractivity contribution in [2.24, 2.45) is 0 Å². The van der Waals surface area contributed by atoms with E-state index in [1.165, 1.54) is 11.3 Å².